The second-order valence-electron chi connectivity index (χ2n) is 3.52. The van der Waals surface area contributed by atoms with Gasteiger partial charge in [0.25, 0.3) is 0 Å². The van der Waals surface area contributed by atoms with E-state index < -0.39 is 37.3 Å². The van der Waals surface area contributed by atoms with Gasteiger partial charge in [-0.15, -0.1) is 12.3 Å². The highest BCUT2D eigenvalue weighted by atomic mass is 16.7. The molecule has 1 rings (SSSR count). The van der Waals surface area contributed by atoms with E-state index in [0.717, 1.165) is 0 Å². The van der Waals surface area contributed by atoms with E-state index in [1.54, 1.807) is 0 Å². The van der Waals surface area contributed by atoms with Crippen molar-refractivity contribution in [3.63, 3.8) is 0 Å². The van der Waals surface area contributed by atoms with Crippen LogP contribution in [0.5, 0.6) is 0 Å². The third-order valence-corrected chi connectivity index (χ3v) is 2.38. The van der Waals surface area contributed by atoms with Crippen LogP contribution in [0, 0.1) is 12.3 Å². The average molecular weight is 232 g/mol. The molecule has 1 fully saturated rings. The summed E-state index contributed by atoms with van der Waals surface area (Å²) in [4.78, 5) is 0. The molecule has 0 bridgehead atoms. The monoisotopic (exact) mass is 232 g/mol. The fourth-order valence-corrected chi connectivity index (χ4v) is 1.44. The number of terminal acetylenes is 1. The summed E-state index contributed by atoms with van der Waals surface area (Å²) in [5.41, 5.74) is 0. The molecule has 0 radical (unpaired) electrons. The van der Waals surface area contributed by atoms with E-state index in [9.17, 15) is 15.3 Å². The van der Waals surface area contributed by atoms with Crippen molar-refractivity contribution < 1.29 is 29.9 Å². The molecule has 5 atom stereocenters. The Bertz CT molecular complexity index is 248. The van der Waals surface area contributed by atoms with Crippen molar-refractivity contribution in [3.8, 4) is 12.3 Å². The molecule has 4 unspecified atom stereocenters. The molecule has 1 saturated heterocycles. The first kappa shape index (κ1) is 13.4. The van der Waals surface area contributed by atoms with Gasteiger partial charge in [-0.1, -0.05) is 0 Å². The Balaban J connectivity index is 2.54. The zero-order chi connectivity index (χ0) is 12.1. The Kier molecular flexibility index (Phi) is 5.15. The average Bonchev–Trinajstić information content (AvgIpc) is 2.29. The molecule has 1 aliphatic heterocycles. The van der Waals surface area contributed by atoms with Gasteiger partial charge in [0.2, 0.25) is 0 Å². The van der Waals surface area contributed by atoms with E-state index in [0.29, 0.717) is 6.42 Å². The van der Waals surface area contributed by atoms with Gasteiger partial charge in [-0.3, -0.25) is 0 Å². The zero-order valence-corrected chi connectivity index (χ0v) is 8.69. The largest absolute Gasteiger partial charge is 0.394 e. The van der Waals surface area contributed by atoms with Crippen molar-refractivity contribution in [2.75, 3.05) is 13.2 Å². The fourth-order valence-electron chi connectivity index (χ4n) is 1.44. The number of aliphatic hydroxyl groups is 4. The van der Waals surface area contributed by atoms with E-state index >= 15 is 0 Å². The molecular formula is C10H16O6. The van der Waals surface area contributed by atoms with Crippen LogP contribution >= 0.6 is 0 Å². The molecule has 0 saturated carbocycles. The van der Waals surface area contributed by atoms with Gasteiger partial charge in [0.05, 0.1) is 13.2 Å². The van der Waals surface area contributed by atoms with Crippen LogP contribution in [0.1, 0.15) is 6.42 Å². The highest BCUT2D eigenvalue weighted by Gasteiger charge is 2.43. The van der Waals surface area contributed by atoms with Crippen molar-refractivity contribution in [2.45, 2.75) is 37.1 Å². The maximum Gasteiger partial charge on any atom is 0.186 e. The van der Waals surface area contributed by atoms with Crippen LogP contribution in [0.3, 0.4) is 0 Å². The van der Waals surface area contributed by atoms with Crippen LogP contribution in [-0.4, -0.2) is 64.3 Å². The lowest BCUT2D eigenvalue weighted by molar-refractivity contribution is -0.300. The summed E-state index contributed by atoms with van der Waals surface area (Å²) in [6.07, 6.45) is -0.831. The van der Waals surface area contributed by atoms with Gasteiger partial charge in [-0.2, -0.15) is 0 Å². The lowest BCUT2D eigenvalue weighted by atomic mass is 9.99. The molecule has 0 aromatic carbocycles. The number of hydrogen-bond acceptors (Lipinski definition) is 6. The van der Waals surface area contributed by atoms with Gasteiger partial charge in [-0.05, 0) is 0 Å². The summed E-state index contributed by atoms with van der Waals surface area (Å²) in [6, 6.07) is 0. The third-order valence-electron chi connectivity index (χ3n) is 2.38. The molecule has 0 aromatic rings. The number of ether oxygens (including phenoxy) is 2. The van der Waals surface area contributed by atoms with Gasteiger partial charge in [0.15, 0.2) is 6.29 Å². The SMILES string of the molecule is C#CCCO[C@@H]1OC(CO)C(O)C(O)C1O. The fraction of sp³-hybridized carbons (Fsp3) is 0.800. The molecule has 16 heavy (non-hydrogen) atoms. The van der Waals surface area contributed by atoms with Crippen LogP contribution < -0.4 is 0 Å². The van der Waals surface area contributed by atoms with E-state index in [1.807, 2.05) is 0 Å². The Morgan fingerprint density at radius 3 is 2.44 bits per heavy atom. The van der Waals surface area contributed by atoms with Crippen molar-refractivity contribution in [3.05, 3.63) is 0 Å². The smallest absolute Gasteiger partial charge is 0.186 e. The summed E-state index contributed by atoms with van der Waals surface area (Å²) in [5, 5.41) is 37.3. The second kappa shape index (κ2) is 6.15. The highest BCUT2D eigenvalue weighted by molar-refractivity contribution is 4.89. The van der Waals surface area contributed by atoms with Crippen LogP contribution in [-0.2, 0) is 9.47 Å². The van der Waals surface area contributed by atoms with Gasteiger partial charge < -0.3 is 29.9 Å². The quantitative estimate of drug-likeness (QED) is 0.325. The summed E-state index contributed by atoms with van der Waals surface area (Å²) < 4.78 is 10.2. The summed E-state index contributed by atoms with van der Waals surface area (Å²) in [5.74, 6) is 2.34. The van der Waals surface area contributed by atoms with Gasteiger partial charge in [-0.25, -0.2) is 0 Å². The van der Waals surface area contributed by atoms with E-state index in [4.69, 9.17) is 21.0 Å². The molecular weight excluding hydrogens is 216 g/mol. The number of rotatable bonds is 4. The normalized spacial score (nSPS) is 39.3. The molecule has 92 valence electrons. The minimum absolute atomic E-state index is 0.166. The van der Waals surface area contributed by atoms with Gasteiger partial charge >= 0.3 is 0 Å². The van der Waals surface area contributed by atoms with Crippen LogP contribution in [0.15, 0.2) is 0 Å². The minimum Gasteiger partial charge on any atom is -0.394 e. The molecule has 0 aliphatic carbocycles. The van der Waals surface area contributed by atoms with Crippen LogP contribution in [0.25, 0.3) is 0 Å². The summed E-state index contributed by atoms with van der Waals surface area (Å²) >= 11 is 0. The number of aliphatic hydroxyl groups excluding tert-OH is 4. The summed E-state index contributed by atoms with van der Waals surface area (Å²) in [6.45, 7) is -0.306. The van der Waals surface area contributed by atoms with Gasteiger partial charge in [0.1, 0.15) is 24.4 Å². The topological polar surface area (TPSA) is 99.4 Å². The summed E-state index contributed by atoms with van der Waals surface area (Å²) in [7, 11) is 0. The molecule has 6 nitrogen and oxygen atoms in total. The first-order chi connectivity index (χ1) is 7.61. The Morgan fingerprint density at radius 2 is 1.88 bits per heavy atom. The first-order valence-corrected chi connectivity index (χ1v) is 4.97. The molecule has 0 aromatic heterocycles. The Morgan fingerprint density at radius 1 is 1.19 bits per heavy atom. The lowest BCUT2D eigenvalue weighted by Crippen LogP contribution is -2.59. The Hall–Kier alpha value is -0.680. The zero-order valence-electron chi connectivity index (χ0n) is 8.69. The van der Waals surface area contributed by atoms with Crippen molar-refractivity contribution in [2.24, 2.45) is 0 Å². The van der Waals surface area contributed by atoms with E-state index in [-0.39, 0.29) is 6.61 Å². The van der Waals surface area contributed by atoms with Crippen LogP contribution in [0.2, 0.25) is 0 Å². The van der Waals surface area contributed by atoms with Crippen molar-refractivity contribution in [1.29, 1.82) is 0 Å². The standard InChI is InChI=1S/C10H16O6/c1-2-3-4-15-10-9(14)8(13)7(12)6(5-11)16-10/h1,6-14H,3-5H2/t6?,7?,8?,9?,10-/m1/s1. The second-order valence-corrected chi connectivity index (χ2v) is 3.52. The first-order valence-electron chi connectivity index (χ1n) is 4.97. The predicted molar refractivity (Wildman–Crippen MR) is 53.2 cm³/mol. The lowest BCUT2D eigenvalue weighted by Gasteiger charge is -2.39. The van der Waals surface area contributed by atoms with E-state index in [1.165, 1.54) is 0 Å². The molecule has 6 heteroatoms. The molecule has 4 N–H and O–H groups in total. The molecule has 1 heterocycles. The highest BCUT2D eigenvalue weighted by Crippen LogP contribution is 2.21. The van der Waals surface area contributed by atoms with Crippen molar-refractivity contribution >= 4 is 0 Å². The molecule has 1 aliphatic rings. The maximum absolute atomic E-state index is 9.53. The van der Waals surface area contributed by atoms with Gasteiger partial charge in [0, 0.05) is 6.42 Å². The Labute approximate surface area is 93.4 Å². The third kappa shape index (κ3) is 2.92. The maximum atomic E-state index is 9.53. The van der Waals surface area contributed by atoms with Crippen LogP contribution in [0.4, 0.5) is 0 Å². The molecule has 0 spiro atoms. The predicted octanol–water partition coefficient (Wildman–Crippen LogP) is -2.17. The van der Waals surface area contributed by atoms with E-state index in [2.05, 4.69) is 5.92 Å². The molecule has 0 amide bonds. The minimum atomic E-state index is -1.42. The number of hydrogen-bond donors (Lipinski definition) is 4. The van der Waals surface area contributed by atoms with Crippen molar-refractivity contribution in [1.82, 2.24) is 0 Å².